The molecule has 0 atom stereocenters. The number of fused-ring (bicyclic) bond motifs is 3. The molecule has 0 aliphatic heterocycles. The second-order valence-electron chi connectivity index (χ2n) is 4.28. The largest absolute Gasteiger partial charge is 0.594 e. The van der Waals surface area contributed by atoms with Crippen LogP contribution in [-0.4, -0.2) is 14.7 Å². The average Bonchev–Trinajstić information content (AvgIpc) is 3.06. The maximum absolute atomic E-state index is 11.9. The highest BCUT2D eigenvalue weighted by Gasteiger charge is 2.16. The van der Waals surface area contributed by atoms with Gasteiger partial charge >= 0.3 is 0 Å². The summed E-state index contributed by atoms with van der Waals surface area (Å²) >= 11 is 5.99. The Morgan fingerprint density at radius 3 is 2.95 bits per heavy atom. The van der Waals surface area contributed by atoms with Gasteiger partial charge in [-0.15, -0.1) is 0 Å². The Balaban J connectivity index is 2.11. The third-order valence-corrected chi connectivity index (χ3v) is 3.26. The van der Waals surface area contributed by atoms with Gasteiger partial charge in [-0.1, -0.05) is 11.6 Å². The summed E-state index contributed by atoms with van der Waals surface area (Å²) in [6.45, 7) is 0. The molecule has 98 valence electrons. The molecule has 0 aliphatic rings. The quantitative estimate of drug-likeness (QED) is 0.398. The van der Waals surface area contributed by atoms with Gasteiger partial charge in [0.1, 0.15) is 11.2 Å². The van der Waals surface area contributed by atoms with Crippen molar-refractivity contribution >= 4 is 28.3 Å². The standard InChI is InChI=1S/C13H7ClN4O2/c14-8-3-4-10-11(6-8)17-13(16-18(10)19)7-9(15-17)12-2-1-5-20-12/h1-7H. The number of rotatable bonds is 1. The summed E-state index contributed by atoms with van der Waals surface area (Å²) < 4.78 is 6.88. The molecule has 0 N–H and O–H groups in total. The van der Waals surface area contributed by atoms with Crippen LogP contribution in [0.1, 0.15) is 0 Å². The van der Waals surface area contributed by atoms with Gasteiger partial charge in [0.25, 0.3) is 5.52 Å². The van der Waals surface area contributed by atoms with E-state index in [2.05, 4.69) is 10.2 Å². The first-order valence-electron chi connectivity index (χ1n) is 5.85. The van der Waals surface area contributed by atoms with Crippen molar-refractivity contribution in [2.75, 3.05) is 0 Å². The molecule has 7 heteroatoms. The van der Waals surface area contributed by atoms with Crippen LogP contribution in [0.3, 0.4) is 0 Å². The first kappa shape index (κ1) is 11.2. The molecule has 0 radical (unpaired) electrons. The fraction of sp³-hybridized carbons (Fsp3) is 0. The first-order chi connectivity index (χ1) is 9.72. The summed E-state index contributed by atoms with van der Waals surface area (Å²) in [6, 6.07) is 10.2. The number of nitrogens with zero attached hydrogens (tertiary/aromatic N) is 4. The summed E-state index contributed by atoms with van der Waals surface area (Å²) in [5.41, 5.74) is 2.03. The van der Waals surface area contributed by atoms with Crippen molar-refractivity contribution in [2.45, 2.75) is 0 Å². The summed E-state index contributed by atoms with van der Waals surface area (Å²) in [5, 5.41) is 20.8. The topological polar surface area (TPSA) is 70.3 Å². The van der Waals surface area contributed by atoms with Crippen molar-refractivity contribution in [3.05, 3.63) is 52.9 Å². The highest BCUT2D eigenvalue weighted by Crippen LogP contribution is 2.22. The number of furan rings is 1. The number of hydrogen-bond donors (Lipinski definition) is 0. The molecule has 1 aromatic carbocycles. The van der Waals surface area contributed by atoms with Crippen molar-refractivity contribution in [3.63, 3.8) is 0 Å². The Hall–Kier alpha value is -2.60. The SMILES string of the molecule is [O-][n+]1nc2cc(-c3ccco3)nn2c2cc(Cl)ccc21. The van der Waals surface area contributed by atoms with E-state index in [0.29, 0.717) is 38.0 Å². The predicted molar refractivity (Wildman–Crippen MR) is 72.2 cm³/mol. The Bertz CT molecular complexity index is 931. The van der Waals surface area contributed by atoms with E-state index in [4.69, 9.17) is 16.0 Å². The van der Waals surface area contributed by atoms with E-state index < -0.39 is 0 Å². The molecule has 4 rings (SSSR count). The smallest absolute Gasteiger partial charge is 0.270 e. The zero-order valence-corrected chi connectivity index (χ0v) is 10.8. The molecule has 0 saturated carbocycles. The number of benzene rings is 1. The van der Waals surface area contributed by atoms with Gasteiger partial charge in [0, 0.05) is 22.3 Å². The third-order valence-electron chi connectivity index (χ3n) is 3.03. The monoisotopic (exact) mass is 286 g/mol. The first-order valence-corrected chi connectivity index (χ1v) is 6.23. The van der Waals surface area contributed by atoms with Gasteiger partial charge in [0.15, 0.2) is 5.76 Å². The number of hydrogen-bond acceptors (Lipinski definition) is 4. The van der Waals surface area contributed by atoms with E-state index in [1.54, 1.807) is 47.2 Å². The highest BCUT2D eigenvalue weighted by molar-refractivity contribution is 6.31. The maximum atomic E-state index is 11.9. The van der Waals surface area contributed by atoms with Gasteiger partial charge in [-0.05, 0) is 29.1 Å². The second kappa shape index (κ2) is 3.94. The molecule has 0 spiro atoms. The fourth-order valence-electron chi connectivity index (χ4n) is 2.14. The van der Waals surface area contributed by atoms with Gasteiger partial charge in [0.05, 0.1) is 6.26 Å². The van der Waals surface area contributed by atoms with E-state index in [0.717, 1.165) is 0 Å². The Morgan fingerprint density at radius 1 is 1.25 bits per heavy atom. The predicted octanol–water partition coefficient (Wildman–Crippen LogP) is 2.43. The minimum Gasteiger partial charge on any atom is -0.594 e. The minimum atomic E-state index is 0.399. The molecule has 4 aromatic rings. The van der Waals surface area contributed by atoms with E-state index in [-0.39, 0.29) is 0 Å². The van der Waals surface area contributed by atoms with Crippen molar-refractivity contribution in [1.82, 2.24) is 14.7 Å². The Labute approximate surface area is 117 Å². The average molecular weight is 287 g/mol. The third kappa shape index (κ3) is 1.55. The molecule has 0 fully saturated rings. The molecule has 3 aromatic heterocycles. The molecular weight excluding hydrogens is 280 g/mol. The van der Waals surface area contributed by atoms with E-state index in [1.807, 2.05) is 0 Å². The highest BCUT2D eigenvalue weighted by atomic mass is 35.5. The Morgan fingerprint density at radius 2 is 2.15 bits per heavy atom. The van der Waals surface area contributed by atoms with Crippen LogP contribution in [0, 0.1) is 5.21 Å². The van der Waals surface area contributed by atoms with Crippen LogP contribution in [0.25, 0.3) is 28.1 Å². The van der Waals surface area contributed by atoms with Gasteiger partial charge in [-0.25, -0.2) is 4.52 Å². The number of halogens is 1. The zero-order chi connectivity index (χ0) is 13.7. The lowest BCUT2D eigenvalue weighted by atomic mass is 10.3. The van der Waals surface area contributed by atoms with Crippen LogP contribution in [0.5, 0.6) is 0 Å². The molecule has 3 heterocycles. The molecule has 0 bridgehead atoms. The molecule has 20 heavy (non-hydrogen) atoms. The lowest BCUT2D eigenvalue weighted by molar-refractivity contribution is -0.640. The van der Waals surface area contributed by atoms with Crippen LogP contribution < -0.4 is 4.85 Å². The van der Waals surface area contributed by atoms with Crippen LogP contribution >= 0.6 is 11.6 Å². The fourth-order valence-corrected chi connectivity index (χ4v) is 2.31. The lowest BCUT2D eigenvalue weighted by Gasteiger charge is -2.01. The van der Waals surface area contributed by atoms with Crippen molar-refractivity contribution in [3.8, 4) is 11.5 Å². The minimum absolute atomic E-state index is 0.399. The molecule has 0 aliphatic carbocycles. The van der Waals surface area contributed by atoms with E-state index >= 15 is 0 Å². The molecular formula is C13H7ClN4O2. The van der Waals surface area contributed by atoms with E-state index in [1.165, 1.54) is 0 Å². The second-order valence-corrected chi connectivity index (χ2v) is 4.72. The van der Waals surface area contributed by atoms with Crippen LogP contribution in [0.15, 0.2) is 47.1 Å². The Kier molecular flexibility index (Phi) is 2.22. The molecule has 0 unspecified atom stereocenters. The molecule has 0 amide bonds. The molecule has 6 nitrogen and oxygen atoms in total. The van der Waals surface area contributed by atoms with Crippen LogP contribution in [0.4, 0.5) is 0 Å². The maximum Gasteiger partial charge on any atom is 0.270 e. The van der Waals surface area contributed by atoms with Gasteiger partial charge in [-0.2, -0.15) is 5.10 Å². The van der Waals surface area contributed by atoms with Crippen molar-refractivity contribution in [2.24, 2.45) is 0 Å². The summed E-state index contributed by atoms with van der Waals surface area (Å²) in [7, 11) is 0. The summed E-state index contributed by atoms with van der Waals surface area (Å²) in [4.78, 5) is 0.564. The lowest BCUT2D eigenvalue weighted by Crippen LogP contribution is -2.32. The van der Waals surface area contributed by atoms with Crippen molar-refractivity contribution < 1.29 is 9.26 Å². The van der Waals surface area contributed by atoms with Gasteiger partial charge in [-0.3, -0.25) is 0 Å². The number of aromatic nitrogens is 4. The van der Waals surface area contributed by atoms with Crippen molar-refractivity contribution in [1.29, 1.82) is 0 Å². The van der Waals surface area contributed by atoms with Crippen LogP contribution in [-0.2, 0) is 0 Å². The van der Waals surface area contributed by atoms with Gasteiger partial charge < -0.3 is 9.62 Å². The van der Waals surface area contributed by atoms with Crippen LogP contribution in [0.2, 0.25) is 5.02 Å². The summed E-state index contributed by atoms with van der Waals surface area (Å²) in [6.07, 6.45) is 1.57. The molecule has 0 saturated heterocycles. The van der Waals surface area contributed by atoms with E-state index in [9.17, 15) is 5.21 Å². The van der Waals surface area contributed by atoms with Gasteiger partial charge in [0.2, 0.25) is 5.65 Å². The zero-order valence-electron chi connectivity index (χ0n) is 10.0. The normalized spacial score (nSPS) is 11.4. The summed E-state index contributed by atoms with van der Waals surface area (Å²) in [5.74, 6) is 0.614.